The van der Waals surface area contributed by atoms with Crippen molar-refractivity contribution in [2.45, 2.75) is 25.7 Å². The van der Waals surface area contributed by atoms with E-state index in [9.17, 15) is 9.90 Å². The van der Waals surface area contributed by atoms with Crippen molar-refractivity contribution in [3.05, 3.63) is 12.2 Å². The highest BCUT2D eigenvalue weighted by atomic mass is 16.3. The van der Waals surface area contributed by atoms with E-state index < -0.39 is 0 Å². The van der Waals surface area contributed by atoms with Crippen LogP contribution < -0.4 is 5.32 Å². The van der Waals surface area contributed by atoms with Crippen molar-refractivity contribution in [3.63, 3.8) is 0 Å². The number of amides is 1. The number of aromatic nitrogens is 3. The van der Waals surface area contributed by atoms with Crippen LogP contribution in [0.1, 0.15) is 36.3 Å². The zero-order valence-corrected chi connectivity index (χ0v) is 9.07. The number of rotatable bonds is 4. The minimum Gasteiger partial charge on any atom is -0.396 e. The first-order valence-electron chi connectivity index (χ1n) is 5.50. The van der Waals surface area contributed by atoms with Gasteiger partial charge in [0.05, 0.1) is 6.61 Å². The summed E-state index contributed by atoms with van der Waals surface area (Å²) in [4.78, 5) is 15.4. The molecule has 0 aromatic carbocycles. The molecule has 1 amide bonds. The Balaban J connectivity index is 1.89. The molecule has 0 unspecified atom stereocenters. The number of aromatic amines is 1. The van der Waals surface area contributed by atoms with E-state index in [1.807, 2.05) is 0 Å². The molecule has 1 saturated carbocycles. The topological polar surface area (TPSA) is 90.9 Å². The fourth-order valence-corrected chi connectivity index (χ4v) is 2.18. The van der Waals surface area contributed by atoms with Gasteiger partial charge in [-0.25, -0.2) is 4.98 Å². The quantitative estimate of drug-likeness (QED) is 0.676. The fraction of sp³-hybridized carbons (Fsp3) is 0.700. The van der Waals surface area contributed by atoms with Crippen LogP contribution in [0.4, 0.5) is 0 Å². The molecule has 88 valence electrons. The predicted octanol–water partition coefficient (Wildman–Crippen LogP) is 0.0872. The molecule has 1 aromatic heterocycles. The third-order valence-electron chi connectivity index (χ3n) is 3.25. The number of hydrogen-bond acceptors (Lipinski definition) is 4. The Labute approximate surface area is 93.5 Å². The molecule has 6 nitrogen and oxygen atoms in total. The van der Waals surface area contributed by atoms with E-state index in [0.29, 0.717) is 6.54 Å². The van der Waals surface area contributed by atoms with E-state index in [1.165, 1.54) is 6.33 Å². The molecule has 3 N–H and O–H groups in total. The van der Waals surface area contributed by atoms with Gasteiger partial charge in [0.1, 0.15) is 6.33 Å². The number of H-pyrrole nitrogens is 1. The average Bonchev–Trinajstić information content (AvgIpc) is 2.98. The Morgan fingerprint density at radius 3 is 2.88 bits per heavy atom. The van der Waals surface area contributed by atoms with Crippen LogP contribution in [-0.4, -0.2) is 39.3 Å². The van der Waals surface area contributed by atoms with Crippen molar-refractivity contribution in [3.8, 4) is 0 Å². The summed E-state index contributed by atoms with van der Waals surface area (Å²) >= 11 is 0. The lowest BCUT2D eigenvalue weighted by molar-refractivity contribution is 0.0871. The van der Waals surface area contributed by atoms with Gasteiger partial charge in [-0.1, -0.05) is 12.8 Å². The minimum atomic E-state index is -0.266. The minimum absolute atomic E-state index is 0.129. The fourth-order valence-electron chi connectivity index (χ4n) is 2.18. The molecule has 1 fully saturated rings. The predicted molar refractivity (Wildman–Crippen MR) is 56.7 cm³/mol. The number of hydrogen-bond donors (Lipinski definition) is 3. The van der Waals surface area contributed by atoms with Crippen LogP contribution in [0.3, 0.4) is 0 Å². The van der Waals surface area contributed by atoms with Gasteiger partial charge < -0.3 is 10.4 Å². The van der Waals surface area contributed by atoms with E-state index in [1.54, 1.807) is 0 Å². The number of carbonyl (C=O) groups excluding carboxylic acids is 1. The highest BCUT2D eigenvalue weighted by Gasteiger charge is 2.33. The Kier molecular flexibility index (Phi) is 3.19. The van der Waals surface area contributed by atoms with Gasteiger partial charge in [-0.15, -0.1) is 0 Å². The normalized spacial score (nSPS) is 18.6. The summed E-state index contributed by atoms with van der Waals surface area (Å²) in [5, 5.41) is 18.3. The zero-order valence-electron chi connectivity index (χ0n) is 9.07. The highest BCUT2D eigenvalue weighted by Crippen LogP contribution is 2.36. The van der Waals surface area contributed by atoms with E-state index in [-0.39, 0.29) is 23.8 Å². The summed E-state index contributed by atoms with van der Waals surface area (Å²) in [6.07, 6.45) is 5.49. The van der Waals surface area contributed by atoms with E-state index in [0.717, 1.165) is 25.7 Å². The second-order valence-corrected chi connectivity index (χ2v) is 4.38. The van der Waals surface area contributed by atoms with Crippen LogP contribution in [-0.2, 0) is 0 Å². The van der Waals surface area contributed by atoms with Crippen molar-refractivity contribution < 1.29 is 9.90 Å². The van der Waals surface area contributed by atoms with Crippen LogP contribution in [0.25, 0.3) is 0 Å². The summed E-state index contributed by atoms with van der Waals surface area (Å²) in [5.74, 6) is -0.0525. The first-order chi connectivity index (χ1) is 7.76. The Bertz CT molecular complexity index is 344. The lowest BCUT2D eigenvalue weighted by atomic mass is 9.87. The van der Waals surface area contributed by atoms with Crippen molar-refractivity contribution >= 4 is 5.91 Å². The zero-order chi connectivity index (χ0) is 11.4. The van der Waals surface area contributed by atoms with Gasteiger partial charge in [0.15, 0.2) is 0 Å². The second kappa shape index (κ2) is 4.61. The van der Waals surface area contributed by atoms with E-state index in [2.05, 4.69) is 20.5 Å². The van der Waals surface area contributed by atoms with Crippen molar-refractivity contribution in [1.82, 2.24) is 20.5 Å². The summed E-state index contributed by atoms with van der Waals surface area (Å²) < 4.78 is 0. The molecule has 1 aliphatic rings. The Morgan fingerprint density at radius 2 is 2.31 bits per heavy atom. The molecule has 1 aliphatic carbocycles. The first-order valence-corrected chi connectivity index (χ1v) is 5.50. The Morgan fingerprint density at radius 1 is 1.56 bits per heavy atom. The van der Waals surface area contributed by atoms with Crippen LogP contribution in [0, 0.1) is 5.41 Å². The molecule has 1 aromatic rings. The Hall–Kier alpha value is -1.43. The largest absolute Gasteiger partial charge is 0.396 e. The number of nitrogens with zero attached hydrogens (tertiary/aromatic N) is 2. The van der Waals surface area contributed by atoms with Gasteiger partial charge in [-0.2, -0.15) is 5.10 Å². The number of nitrogens with one attached hydrogen (secondary N) is 2. The summed E-state index contributed by atoms with van der Waals surface area (Å²) in [5.41, 5.74) is -0.129. The monoisotopic (exact) mass is 224 g/mol. The van der Waals surface area contributed by atoms with Crippen LogP contribution in [0.15, 0.2) is 6.33 Å². The third-order valence-corrected chi connectivity index (χ3v) is 3.25. The molecule has 0 atom stereocenters. The molecular weight excluding hydrogens is 208 g/mol. The van der Waals surface area contributed by atoms with Crippen molar-refractivity contribution in [2.75, 3.05) is 13.2 Å². The van der Waals surface area contributed by atoms with Crippen LogP contribution in [0.2, 0.25) is 0 Å². The second-order valence-electron chi connectivity index (χ2n) is 4.38. The maximum atomic E-state index is 11.6. The van der Waals surface area contributed by atoms with Crippen LogP contribution in [0.5, 0.6) is 0 Å². The molecule has 0 bridgehead atoms. The lowest BCUT2D eigenvalue weighted by Crippen LogP contribution is -2.38. The van der Waals surface area contributed by atoms with Crippen molar-refractivity contribution in [1.29, 1.82) is 0 Å². The van der Waals surface area contributed by atoms with Gasteiger partial charge in [0, 0.05) is 12.0 Å². The third kappa shape index (κ3) is 2.21. The van der Waals surface area contributed by atoms with E-state index >= 15 is 0 Å². The van der Waals surface area contributed by atoms with Gasteiger partial charge in [-0.05, 0) is 12.8 Å². The standard InChI is InChI=1S/C10H16N4O2/c15-6-10(3-1-2-4-10)5-11-9(16)8-12-7-13-14-8/h7,15H,1-6H2,(H,11,16)(H,12,13,14). The summed E-state index contributed by atoms with van der Waals surface area (Å²) in [7, 11) is 0. The van der Waals surface area contributed by atoms with E-state index in [4.69, 9.17) is 0 Å². The molecule has 16 heavy (non-hydrogen) atoms. The van der Waals surface area contributed by atoms with Gasteiger partial charge in [-0.3, -0.25) is 9.89 Å². The summed E-state index contributed by atoms with van der Waals surface area (Å²) in [6.45, 7) is 0.632. The lowest BCUT2D eigenvalue weighted by Gasteiger charge is -2.26. The number of aliphatic hydroxyl groups is 1. The molecule has 2 rings (SSSR count). The molecular formula is C10H16N4O2. The van der Waals surface area contributed by atoms with Crippen molar-refractivity contribution in [2.24, 2.45) is 5.41 Å². The molecule has 0 radical (unpaired) electrons. The molecule has 1 heterocycles. The average molecular weight is 224 g/mol. The smallest absolute Gasteiger partial charge is 0.288 e. The first kappa shape index (κ1) is 11.1. The molecule has 0 saturated heterocycles. The van der Waals surface area contributed by atoms with Crippen LogP contribution >= 0.6 is 0 Å². The molecule has 6 heteroatoms. The maximum Gasteiger partial charge on any atom is 0.288 e. The number of aliphatic hydroxyl groups excluding tert-OH is 1. The molecule has 0 aliphatic heterocycles. The number of carbonyl (C=O) groups is 1. The highest BCUT2D eigenvalue weighted by molar-refractivity contribution is 5.90. The van der Waals surface area contributed by atoms with Gasteiger partial charge in [0.25, 0.3) is 5.91 Å². The van der Waals surface area contributed by atoms with Gasteiger partial charge in [0.2, 0.25) is 5.82 Å². The SMILES string of the molecule is O=C(NCC1(CO)CCCC1)c1ncn[nH]1. The maximum absolute atomic E-state index is 11.6. The van der Waals surface area contributed by atoms with Gasteiger partial charge >= 0.3 is 0 Å². The summed E-state index contributed by atoms with van der Waals surface area (Å²) in [6, 6.07) is 0. The molecule has 0 spiro atoms.